The van der Waals surface area contributed by atoms with Gasteiger partial charge in [-0.15, -0.1) is 0 Å². The molecule has 2 rings (SSSR count). The molecule has 0 spiro atoms. The molecule has 0 aliphatic carbocycles. The largest absolute Gasteiger partial charge is 0.310 e. The Kier molecular flexibility index (Phi) is 6.90. The molecule has 2 aromatic rings. The Bertz CT molecular complexity index is 527. The van der Waals surface area contributed by atoms with Gasteiger partial charge in [-0.1, -0.05) is 41.1 Å². The summed E-state index contributed by atoms with van der Waals surface area (Å²) in [6.45, 7) is 5.26. The Morgan fingerprint density at radius 1 is 1.29 bits per heavy atom. The van der Waals surface area contributed by atoms with E-state index in [9.17, 15) is 0 Å². The van der Waals surface area contributed by atoms with Crippen molar-refractivity contribution < 1.29 is 0 Å². The van der Waals surface area contributed by atoms with Crippen LogP contribution in [0.15, 0.2) is 45.6 Å². The maximum absolute atomic E-state index is 3.67. The predicted molar refractivity (Wildman–Crippen MR) is 95.8 cm³/mol. The van der Waals surface area contributed by atoms with Crippen LogP contribution in [0.25, 0.3) is 0 Å². The summed E-state index contributed by atoms with van der Waals surface area (Å²) in [6.07, 6.45) is 1.11. The summed E-state index contributed by atoms with van der Waals surface area (Å²) in [5.74, 6) is 0. The van der Waals surface area contributed by atoms with Crippen LogP contribution in [0, 0.1) is 0 Å². The fraction of sp³-hybridized carbons (Fsp3) is 0.412. The van der Waals surface area contributed by atoms with Crippen molar-refractivity contribution in [3.05, 3.63) is 56.7 Å². The zero-order chi connectivity index (χ0) is 15.1. The van der Waals surface area contributed by atoms with Gasteiger partial charge in [-0.2, -0.15) is 11.3 Å². The fourth-order valence-corrected chi connectivity index (χ4v) is 3.72. The molecule has 1 unspecified atom stereocenters. The molecule has 0 bridgehead atoms. The number of nitrogens with one attached hydrogen (secondary N) is 1. The number of nitrogens with zero attached hydrogens (tertiary/aromatic N) is 1. The third-order valence-corrected chi connectivity index (χ3v) is 5.02. The van der Waals surface area contributed by atoms with Crippen molar-refractivity contribution in [2.45, 2.75) is 25.9 Å². The molecule has 0 fully saturated rings. The van der Waals surface area contributed by atoms with Gasteiger partial charge >= 0.3 is 0 Å². The maximum Gasteiger partial charge on any atom is 0.0343 e. The smallest absolute Gasteiger partial charge is 0.0343 e. The molecule has 1 aromatic heterocycles. The van der Waals surface area contributed by atoms with E-state index in [4.69, 9.17) is 0 Å². The molecular formula is C17H23BrN2S. The number of benzene rings is 1. The average Bonchev–Trinajstić information content (AvgIpc) is 2.97. The van der Waals surface area contributed by atoms with E-state index in [1.165, 1.54) is 15.6 Å². The van der Waals surface area contributed by atoms with E-state index < -0.39 is 0 Å². The lowest BCUT2D eigenvalue weighted by Gasteiger charge is -2.23. The quantitative estimate of drug-likeness (QED) is 0.729. The summed E-state index contributed by atoms with van der Waals surface area (Å²) in [7, 11) is 2.20. The van der Waals surface area contributed by atoms with Crippen LogP contribution in [0.5, 0.6) is 0 Å². The number of hydrogen-bond donors (Lipinski definition) is 1. The van der Waals surface area contributed by atoms with Crippen LogP contribution in [0.1, 0.15) is 30.5 Å². The molecule has 2 nitrogen and oxygen atoms in total. The van der Waals surface area contributed by atoms with Gasteiger partial charge < -0.3 is 10.2 Å². The molecular weight excluding hydrogens is 344 g/mol. The predicted octanol–water partition coefficient (Wildman–Crippen LogP) is 4.68. The molecule has 0 radical (unpaired) electrons. The monoisotopic (exact) mass is 366 g/mol. The van der Waals surface area contributed by atoms with E-state index in [2.05, 4.69) is 81.2 Å². The maximum atomic E-state index is 3.67. The minimum Gasteiger partial charge on any atom is -0.310 e. The van der Waals surface area contributed by atoms with Crippen LogP contribution >= 0.6 is 27.3 Å². The van der Waals surface area contributed by atoms with E-state index in [0.29, 0.717) is 6.04 Å². The molecule has 1 N–H and O–H groups in total. The van der Waals surface area contributed by atoms with Gasteiger partial charge in [0.25, 0.3) is 0 Å². The van der Waals surface area contributed by atoms with E-state index in [1.54, 1.807) is 11.3 Å². The van der Waals surface area contributed by atoms with E-state index in [-0.39, 0.29) is 0 Å². The number of thiophene rings is 1. The van der Waals surface area contributed by atoms with Crippen LogP contribution in [-0.4, -0.2) is 25.0 Å². The lowest BCUT2D eigenvalue weighted by molar-refractivity contribution is 0.301. The number of hydrogen-bond acceptors (Lipinski definition) is 3. The minimum atomic E-state index is 0.399. The summed E-state index contributed by atoms with van der Waals surface area (Å²) in [6, 6.07) is 11.1. The third kappa shape index (κ3) is 5.22. The second kappa shape index (κ2) is 8.69. The normalized spacial score (nSPS) is 12.8. The lowest BCUT2D eigenvalue weighted by Crippen LogP contribution is -2.27. The van der Waals surface area contributed by atoms with E-state index >= 15 is 0 Å². The SMILES string of the molecule is CCNC(CCN(C)Cc1ccsc1)c1ccccc1Br. The highest BCUT2D eigenvalue weighted by atomic mass is 79.9. The molecule has 21 heavy (non-hydrogen) atoms. The van der Waals surface area contributed by atoms with Crippen LogP contribution in [0.2, 0.25) is 0 Å². The van der Waals surface area contributed by atoms with Crippen molar-refractivity contribution in [1.82, 2.24) is 10.2 Å². The van der Waals surface area contributed by atoms with Crippen molar-refractivity contribution in [2.24, 2.45) is 0 Å². The van der Waals surface area contributed by atoms with Gasteiger partial charge in [-0.25, -0.2) is 0 Å². The Morgan fingerprint density at radius 3 is 2.76 bits per heavy atom. The van der Waals surface area contributed by atoms with Crippen molar-refractivity contribution in [3.8, 4) is 0 Å². The van der Waals surface area contributed by atoms with Gasteiger partial charge in [0.05, 0.1) is 0 Å². The molecule has 1 atom stereocenters. The molecule has 1 heterocycles. The summed E-state index contributed by atoms with van der Waals surface area (Å²) in [5, 5.41) is 7.97. The second-order valence-corrected chi connectivity index (χ2v) is 6.92. The molecule has 0 aliphatic heterocycles. The molecule has 0 amide bonds. The highest BCUT2D eigenvalue weighted by Crippen LogP contribution is 2.25. The van der Waals surface area contributed by atoms with E-state index in [1.807, 2.05) is 0 Å². The molecule has 1 aromatic carbocycles. The lowest BCUT2D eigenvalue weighted by atomic mass is 10.0. The average molecular weight is 367 g/mol. The van der Waals surface area contributed by atoms with Crippen LogP contribution in [0.4, 0.5) is 0 Å². The summed E-state index contributed by atoms with van der Waals surface area (Å²) < 4.78 is 1.19. The first-order chi connectivity index (χ1) is 10.2. The zero-order valence-electron chi connectivity index (χ0n) is 12.7. The minimum absolute atomic E-state index is 0.399. The summed E-state index contributed by atoms with van der Waals surface area (Å²) in [5.41, 5.74) is 2.76. The molecule has 0 saturated heterocycles. The van der Waals surface area contributed by atoms with Crippen LogP contribution in [0.3, 0.4) is 0 Å². The van der Waals surface area contributed by atoms with Crippen molar-refractivity contribution >= 4 is 27.3 Å². The fourth-order valence-electron chi connectivity index (χ4n) is 2.49. The Morgan fingerprint density at radius 2 is 2.10 bits per heavy atom. The van der Waals surface area contributed by atoms with Crippen LogP contribution < -0.4 is 5.32 Å². The topological polar surface area (TPSA) is 15.3 Å². The summed E-state index contributed by atoms with van der Waals surface area (Å²) in [4.78, 5) is 2.39. The highest BCUT2D eigenvalue weighted by Gasteiger charge is 2.14. The van der Waals surface area contributed by atoms with E-state index in [0.717, 1.165) is 26.1 Å². The van der Waals surface area contributed by atoms with Crippen LogP contribution in [-0.2, 0) is 6.54 Å². The summed E-state index contributed by atoms with van der Waals surface area (Å²) >= 11 is 5.44. The second-order valence-electron chi connectivity index (χ2n) is 5.29. The first kappa shape index (κ1) is 16.7. The van der Waals surface area contributed by atoms with Gasteiger partial charge in [0.2, 0.25) is 0 Å². The number of halogens is 1. The van der Waals surface area contributed by atoms with Gasteiger partial charge in [-0.05, 0) is 60.6 Å². The zero-order valence-corrected chi connectivity index (χ0v) is 15.1. The van der Waals surface area contributed by atoms with Crippen molar-refractivity contribution in [2.75, 3.05) is 20.1 Å². The molecule has 0 aliphatic rings. The standard InChI is InChI=1S/C17H23BrN2S/c1-3-19-17(15-6-4-5-7-16(15)18)8-10-20(2)12-14-9-11-21-13-14/h4-7,9,11,13,17,19H,3,8,10,12H2,1-2H3. The highest BCUT2D eigenvalue weighted by molar-refractivity contribution is 9.10. The van der Waals surface area contributed by atoms with Gasteiger partial charge in [0, 0.05) is 17.1 Å². The van der Waals surface area contributed by atoms with Crippen molar-refractivity contribution in [3.63, 3.8) is 0 Å². The van der Waals surface area contributed by atoms with Crippen molar-refractivity contribution in [1.29, 1.82) is 0 Å². The Balaban J connectivity index is 1.92. The third-order valence-electron chi connectivity index (χ3n) is 3.56. The van der Waals surface area contributed by atoms with Gasteiger partial charge in [0.1, 0.15) is 0 Å². The first-order valence-electron chi connectivity index (χ1n) is 7.38. The van der Waals surface area contributed by atoms with Gasteiger partial charge in [-0.3, -0.25) is 0 Å². The Hall–Kier alpha value is -0.680. The molecule has 4 heteroatoms. The Labute approximate surface area is 140 Å². The number of rotatable bonds is 8. The first-order valence-corrected chi connectivity index (χ1v) is 9.11. The molecule has 0 saturated carbocycles. The molecule has 114 valence electrons. The van der Waals surface area contributed by atoms with Gasteiger partial charge in [0.15, 0.2) is 0 Å².